The molecular weight excluding hydrogens is 276 g/mol. The van der Waals surface area contributed by atoms with Crippen molar-refractivity contribution in [3.63, 3.8) is 0 Å². The average molecular weight is 298 g/mol. The zero-order valence-electron chi connectivity index (χ0n) is 13.3. The Labute approximate surface area is 131 Å². The molecule has 0 bridgehead atoms. The number of hydrogen-bond donors (Lipinski definition) is 1. The summed E-state index contributed by atoms with van der Waals surface area (Å²) in [4.78, 5) is 4.27. The van der Waals surface area contributed by atoms with Crippen molar-refractivity contribution in [2.45, 2.75) is 33.0 Å². The van der Waals surface area contributed by atoms with E-state index in [1.807, 2.05) is 42.5 Å². The van der Waals surface area contributed by atoms with Crippen LogP contribution in [0.1, 0.15) is 27.2 Å². The van der Waals surface area contributed by atoms with Gasteiger partial charge in [0, 0.05) is 24.6 Å². The number of hydrogen-bond acceptors (Lipinski definition) is 4. The number of aromatic nitrogens is 1. The van der Waals surface area contributed by atoms with E-state index in [-0.39, 0.29) is 5.41 Å². The molecule has 0 unspecified atom stereocenters. The minimum Gasteiger partial charge on any atom is -0.448 e. The van der Waals surface area contributed by atoms with Crippen LogP contribution >= 0.6 is 0 Å². The monoisotopic (exact) mass is 298 g/mol. The highest BCUT2D eigenvalue weighted by Crippen LogP contribution is 2.48. The van der Waals surface area contributed by atoms with Gasteiger partial charge in [0.25, 0.3) is 5.79 Å². The summed E-state index contributed by atoms with van der Waals surface area (Å²) in [6.07, 6.45) is 2.50. The second kappa shape index (κ2) is 5.52. The van der Waals surface area contributed by atoms with Gasteiger partial charge in [-0.1, -0.05) is 39.0 Å². The standard InChI is InChI=1S/C18H22N2O2/c1-17(2,3)18(11-13-20-16-10-6-7-12-19-16)21-14-8-4-5-9-15(14)22-18/h4-10,12H,11,13H2,1-3H3,(H,19,20). The third-order valence-electron chi connectivity index (χ3n) is 3.97. The van der Waals surface area contributed by atoms with Crippen LogP contribution in [-0.4, -0.2) is 17.3 Å². The number of ether oxygens (including phenoxy) is 2. The van der Waals surface area contributed by atoms with Crippen molar-refractivity contribution < 1.29 is 9.47 Å². The van der Waals surface area contributed by atoms with Crippen molar-refractivity contribution in [1.82, 2.24) is 4.98 Å². The fourth-order valence-electron chi connectivity index (χ4n) is 2.60. The normalized spacial score (nSPS) is 15.6. The molecule has 4 heteroatoms. The first kappa shape index (κ1) is 14.7. The molecule has 0 spiro atoms. The maximum atomic E-state index is 6.21. The molecule has 1 aliphatic rings. The van der Waals surface area contributed by atoms with Crippen LogP contribution in [0.5, 0.6) is 11.5 Å². The predicted octanol–water partition coefficient (Wildman–Crippen LogP) is 4.10. The van der Waals surface area contributed by atoms with Gasteiger partial charge in [0.15, 0.2) is 11.5 Å². The Morgan fingerprint density at radius 2 is 1.64 bits per heavy atom. The van der Waals surface area contributed by atoms with Crippen LogP contribution < -0.4 is 14.8 Å². The molecule has 0 fully saturated rings. The Hall–Kier alpha value is -2.23. The van der Waals surface area contributed by atoms with Gasteiger partial charge in [-0.15, -0.1) is 0 Å². The van der Waals surface area contributed by atoms with Gasteiger partial charge < -0.3 is 14.8 Å². The number of pyridine rings is 1. The van der Waals surface area contributed by atoms with Gasteiger partial charge in [0.1, 0.15) is 5.82 Å². The zero-order valence-corrected chi connectivity index (χ0v) is 13.3. The molecule has 1 N–H and O–H groups in total. The van der Waals surface area contributed by atoms with Crippen molar-refractivity contribution in [3.05, 3.63) is 48.7 Å². The number of nitrogens with one attached hydrogen (secondary N) is 1. The van der Waals surface area contributed by atoms with Gasteiger partial charge in [0.2, 0.25) is 0 Å². The van der Waals surface area contributed by atoms with Crippen molar-refractivity contribution in [1.29, 1.82) is 0 Å². The second-order valence-electron chi connectivity index (χ2n) is 6.55. The number of fused-ring (bicyclic) bond motifs is 1. The molecule has 4 nitrogen and oxygen atoms in total. The van der Waals surface area contributed by atoms with Crippen LogP contribution in [0.15, 0.2) is 48.7 Å². The predicted molar refractivity (Wildman–Crippen MR) is 87.2 cm³/mol. The molecule has 0 aliphatic carbocycles. The van der Waals surface area contributed by atoms with Crippen LogP contribution in [0.2, 0.25) is 0 Å². The first-order chi connectivity index (χ1) is 10.5. The van der Waals surface area contributed by atoms with Crippen LogP contribution in [0.4, 0.5) is 5.82 Å². The van der Waals surface area contributed by atoms with Crippen molar-refractivity contribution in [3.8, 4) is 11.5 Å². The first-order valence-corrected chi connectivity index (χ1v) is 7.62. The van der Waals surface area contributed by atoms with E-state index < -0.39 is 5.79 Å². The largest absolute Gasteiger partial charge is 0.448 e. The summed E-state index contributed by atoms with van der Waals surface area (Å²) in [6, 6.07) is 13.7. The van der Waals surface area contributed by atoms with E-state index >= 15 is 0 Å². The molecule has 0 radical (unpaired) electrons. The van der Waals surface area contributed by atoms with Gasteiger partial charge in [-0.3, -0.25) is 0 Å². The molecule has 1 aromatic heterocycles. The highest BCUT2D eigenvalue weighted by molar-refractivity contribution is 5.43. The molecule has 0 saturated heterocycles. The number of rotatable bonds is 4. The van der Waals surface area contributed by atoms with E-state index in [4.69, 9.17) is 9.47 Å². The SMILES string of the molecule is CC(C)(C)C1(CCNc2ccccn2)Oc2ccccc2O1. The lowest BCUT2D eigenvalue weighted by Gasteiger charge is -2.39. The summed E-state index contributed by atoms with van der Waals surface area (Å²) in [7, 11) is 0. The molecule has 0 amide bonds. The summed E-state index contributed by atoms with van der Waals surface area (Å²) >= 11 is 0. The lowest BCUT2D eigenvalue weighted by Crippen LogP contribution is -2.51. The highest BCUT2D eigenvalue weighted by atomic mass is 16.7. The van der Waals surface area contributed by atoms with Crippen molar-refractivity contribution >= 4 is 5.82 Å². The molecule has 0 saturated carbocycles. The molecule has 2 aromatic rings. The fraction of sp³-hybridized carbons (Fsp3) is 0.389. The Balaban J connectivity index is 1.73. The summed E-state index contributed by atoms with van der Waals surface area (Å²) in [5.74, 6) is 1.82. The van der Waals surface area contributed by atoms with E-state index in [0.29, 0.717) is 0 Å². The molecule has 116 valence electrons. The van der Waals surface area contributed by atoms with Crippen LogP contribution in [0.25, 0.3) is 0 Å². The minimum atomic E-state index is -0.668. The number of anilines is 1. The summed E-state index contributed by atoms with van der Waals surface area (Å²) in [5.41, 5.74) is -0.155. The van der Waals surface area contributed by atoms with Gasteiger partial charge in [-0.2, -0.15) is 0 Å². The third-order valence-corrected chi connectivity index (χ3v) is 3.97. The maximum Gasteiger partial charge on any atom is 0.258 e. The topological polar surface area (TPSA) is 43.4 Å². The first-order valence-electron chi connectivity index (χ1n) is 7.62. The second-order valence-corrected chi connectivity index (χ2v) is 6.55. The van der Waals surface area contributed by atoms with Gasteiger partial charge in [0.05, 0.1) is 0 Å². The number of benzene rings is 1. The summed E-state index contributed by atoms with van der Waals surface area (Å²) in [5, 5.41) is 3.32. The molecular formula is C18H22N2O2. The van der Waals surface area contributed by atoms with E-state index in [1.165, 1.54) is 0 Å². The van der Waals surface area contributed by atoms with Gasteiger partial charge in [-0.25, -0.2) is 4.98 Å². The average Bonchev–Trinajstić information content (AvgIpc) is 2.88. The third kappa shape index (κ3) is 2.73. The van der Waals surface area contributed by atoms with Crippen molar-refractivity contribution in [2.75, 3.05) is 11.9 Å². The Bertz CT molecular complexity index is 610. The Morgan fingerprint density at radius 1 is 1.00 bits per heavy atom. The molecule has 3 rings (SSSR count). The fourth-order valence-corrected chi connectivity index (χ4v) is 2.60. The lowest BCUT2D eigenvalue weighted by atomic mass is 9.83. The Kier molecular flexibility index (Phi) is 3.69. The maximum absolute atomic E-state index is 6.21. The van der Waals surface area contributed by atoms with E-state index in [0.717, 1.165) is 30.3 Å². The van der Waals surface area contributed by atoms with Crippen molar-refractivity contribution in [2.24, 2.45) is 5.41 Å². The molecule has 1 aromatic carbocycles. The van der Waals surface area contributed by atoms with E-state index in [9.17, 15) is 0 Å². The van der Waals surface area contributed by atoms with Gasteiger partial charge >= 0.3 is 0 Å². The number of nitrogens with zero attached hydrogens (tertiary/aromatic N) is 1. The summed E-state index contributed by atoms with van der Waals surface area (Å²) < 4.78 is 12.4. The van der Waals surface area contributed by atoms with Crippen LogP contribution in [-0.2, 0) is 0 Å². The van der Waals surface area contributed by atoms with Crippen LogP contribution in [0.3, 0.4) is 0 Å². The molecule has 0 atom stereocenters. The smallest absolute Gasteiger partial charge is 0.258 e. The molecule has 1 aliphatic heterocycles. The van der Waals surface area contributed by atoms with Crippen LogP contribution in [0, 0.1) is 5.41 Å². The molecule has 2 heterocycles. The van der Waals surface area contributed by atoms with E-state index in [2.05, 4.69) is 31.1 Å². The molecule has 22 heavy (non-hydrogen) atoms. The lowest BCUT2D eigenvalue weighted by molar-refractivity contribution is -0.161. The minimum absolute atomic E-state index is 0.155. The quantitative estimate of drug-likeness (QED) is 0.923. The Morgan fingerprint density at radius 3 is 2.18 bits per heavy atom. The zero-order chi connectivity index (χ0) is 15.6. The van der Waals surface area contributed by atoms with E-state index in [1.54, 1.807) is 6.20 Å². The van der Waals surface area contributed by atoms with Gasteiger partial charge in [-0.05, 0) is 24.3 Å². The number of para-hydroxylation sites is 2. The highest BCUT2D eigenvalue weighted by Gasteiger charge is 2.50. The summed E-state index contributed by atoms with van der Waals surface area (Å²) in [6.45, 7) is 7.14.